The first-order chi connectivity index (χ1) is 13.0. The van der Waals surface area contributed by atoms with Crippen molar-refractivity contribution in [3.63, 3.8) is 0 Å². The Labute approximate surface area is 166 Å². The van der Waals surface area contributed by atoms with Gasteiger partial charge in [0.2, 0.25) is 5.91 Å². The van der Waals surface area contributed by atoms with Crippen LogP contribution in [0, 0.1) is 5.92 Å². The summed E-state index contributed by atoms with van der Waals surface area (Å²) in [5, 5.41) is 6.70. The van der Waals surface area contributed by atoms with Crippen LogP contribution in [0.3, 0.4) is 0 Å². The molecule has 1 saturated carbocycles. The number of carbonyl (C=O) groups excluding carboxylic acids is 2. The molecule has 2 N–H and O–H groups in total. The molecule has 1 aliphatic carbocycles. The van der Waals surface area contributed by atoms with Crippen LogP contribution in [-0.4, -0.2) is 42.4 Å². The highest BCUT2D eigenvalue weighted by molar-refractivity contribution is 6.34. The van der Waals surface area contributed by atoms with Crippen LogP contribution < -0.4 is 10.6 Å². The fraction of sp³-hybridized carbons (Fsp3) is 0.619. The quantitative estimate of drug-likeness (QED) is 0.813. The van der Waals surface area contributed by atoms with Crippen LogP contribution in [0.1, 0.15) is 62.2 Å². The van der Waals surface area contributed by atoms with Gasteiger partial charge in [-0.15, -0.1) is 0 Å². The molecule has 0 unspecified atom stereocenters. The van der Waals surface area contributed by atoms with E-state index in [0.717, 1.165) is 32.2 Å². The standard InChI is InChI=1S/C21H30ClN3O2/c1-14-12-15(10-11-23-14)20(26)24-16-8-9-18(19(22)13-16)21(27)25(2)17-6-4-3-5-7-17/h8-9,13-15,17,23H,3-7,10-12H2,1-2H3,(H,24,26)/t14-,15-/m0/s1. The van der Waals surface area contributed by atoms with Crippen LogP contribution in [0.15, 0.2) is 18.2 Å². The lowest BCUT2D eigenvalue weighted by Crippen LogP contribution is -2.40. The first-order valence-corrected chi connectivity index (χ1v) is 10.4. The molecule has 148 valence electrons. The van der Waals surface area contributed by atoms with Crippen molar-refractivity contribution in [2.45, 2.75) is 64.0 Å². The van der Waals surface area contributed by atoms with Gasteiger partial charge in [-0.2, -0.15) is 0 Å². The van der Waals surface area contributed by atoms with Crippen molar-refractivity contribution in [1.29, 1.82) is 0 Å². The molecule has 2 fully saturated rings. The Balaban J connectivity index is 1.64. The molecule has 6 heteroatoms. The Morgan fingerprint density at radius 2 is 1.93 bits per heavy atom. The van der Waals surface area contributed by atoms with Crippen LogP contribution >= 0.6 is 11.6 Å². The number of halogens is 1. The van der Waals surface area contributed by atoms with E-state index >= 15 is 0 Å². The van der Waals surface area contributed by atoms with E-state index in [0.29, 0.717) is 28.4 Å². The van der Waals surface area contributed by atoms with E-state index in [4.69, 9.17) is 11.6 Å². The van der Waals surface area contributed by atoms with Crippen LogP contribution in [0.2, 0.25) is 5.02 Å². The molecular weight excluding hydrogens is 362 g/mol. The number of benzene rings is 1. The zero-order valence-electron chi connectivity index (χ0n) is 16.3. The smallest absolute Gasteiger partial charge is 0.255 e. The molecule has 0 spiro atoms. The summed E-state index contributed by atoms with van der Waals surface area (Å²) in [5.74, 6) is -0.00598. The van der Waals surface area contributed by atoms with Gasteiger partial charge in [0.25, 0.3) is 5.91 Å². The molecule has 0 aromatic heterocycles. The normalized spacial score (nSPS) is 23.7. The fourth-order valence-corrected chi connectivity index (χ4v) is 4.47. The lowest BCUT2D eigenvalue weighted by molar-refractivity contribution is -0.120. The average Bonchev–Trinajstić information content (AvgIpc) is 2.67. The van der Waals surface area contributed by atoms with Crippen molar-refractivity contribution in [2.24, 2.45) is 5.92 Å². The van der Waals surface area contributed by atoms with Crippen LogP contribution in [-0.2, 0) is 4.79 Å². The molecule has 2 amide bonds. The maximum Gasteiger partial charge on any atom is 0.255 e. The summed E-state index contributed by atoms with van der Waals surface area (Å²) < 4.78 is 0. The van der Waals surface area contributed by atoms with Crippen LogP contribution in [0.25, 0.3) is 0 Å². The molecule has 1 aliphatic heterocycles. The Bertz CT molecular complexity index is 688. The Morgan fingerprint density at radius 1 is 1.19 bits per heavy atom. The first kappa shape index (κ1) is 20.2. The van der Waals surface area contributed by atoms with Crippen molar-refractivity contribution < 1.29 is 9.59 Å². The highest BCUT2D eigenvalue weighted by Gasteiger charge is 2.26. The number of hydrogen-bond donors (Lipinski definition) is 2. The first-order valence-electron chi connectivity index (χ1n) is 10.1. The Hall–Kier alpha value is -1.59. The largest absolute Gasteiger partial charge is 0.339 e. The summed E-state index contributed by atoms with van der Waals surface area (Å²) >= 11 is 6.39. The monoisotopic (exact) mass is 391 g/mol. The van der Waals surface area contributed by atoms with Gasteiger partial charge in [0.1, 0.15) is 0 Å². The molecule has 27 heavy (non-hydrogen) atoms. The zero-order valence-corrected chi connectivity index (χ0v) is 17.0. The molecule has 1 aromatic carbocycles. The minimum absolute atomic E-state index is 0.0127. The van der Waals surface area contributed by atoms with Gasteiger partial charge in [-0.1, -0.05) is 30.9 Å². The van der Waals surface area contributed by atoms with E-state index in [1.54, 1.807) is 18.2 Å². The molecule has 2 aliphatic rings. The zero-order chi connectivity index (χ0) is 19.4. The van der Waals surface area contributed by atoms with Crippen molar-refractivity contribution in [1.82, 2.24) is 10.2 Å². The molecule has 3 rings (SSSR count). The highest BCUT2D eigenvalue weighted by atomic mass is 35.5. The van der Waals surface area contributed by atoms with Gasteiger partial charge in [0, 0.05) is 30.7 Å². The topological polar surface area (TPSA) is 61.4 Å². The minimum atomic E-state index is -0.0445. The third kappa shape index (κ3) is 5.02. The molecule has 1 aromatic rings. The number of piperidine rings is 1. The van der Waals surface area contributed by atoms with Gasteiger partial charge in [-0.05, 0) is 57.4 Å². The second-order valence-corrected chi connectivity index (χ2v) is 8.38. The van der Waals surface area contributed by atoms with Gasteiger partial charge in [-0.25, -0.2) is 0 Å². The average molecular weight is 392 g/mol. The summed E-state index contributed by atoms with van der Waals surface area (Å²) in [7, 11) is 1.86. The fourth-order valence-electron chi connectivity index (χ4n) is 4.20. The van der Waals surface area contributed by atoms with Crippen molar-refractivity contribution in [3.8, 4) is 0 Å². The van der Waals surface area contributed by atoms with E-state index in [2.05, 4.69) is 17.6 Å². The number of hydrogen-bond acceptors (Lipinski definition) is 3. The molecule has 1 saturated heterocycles. The summed E-state index contributed by atoms with van der Waals surface area (Å²) in [6.07, 6.45) is 7.40. The Morgan fingerprint density at radius 3 is 2.59 bits per heavy atom. The van der Waals surface area contributed by atoms with Gasteiger partial charge in [0.15, 0.2) is 0 Å². The Kier molecular flexibility index (Phi) is 6.77. The summed E-state index contributed by atoms with van der Waals surface area (Å²) in [6.45, 7) is 2.96. The number of nitrogens with one attached hydrogen (secondary N) is 2. The third-order valence-electron chi connectivity index (χ3n) is 5.90. The van der Waals surface area contributed by atoms with Gasteiger partial charge < -0.3 is 15.5 Å². The van der Waals surface area contributed by atoms with Gasteiger partial charge in [-0.3, -0.25) is 9.59 Å². The number of rotatable bonds is 4. The molecule has 0 bridgehead atoms. The highest BCUT2D eigenvalue weighted by Crippen LogP contribution is 2.27. The summed E-state index contributed by atoms with van der Waals surface area (Å²) in [6, 6.07) is 5.84. The predicted molar refractivity (Wildman–Crippen MR) is 109 cm³/mol. The van der Waals surface area contributed by atoms with Crippen LogP contribution in [0.4, 0.5) is 5.69 Å². The number of carbonyl (C=O) groups is 2. The van der Waals surface area contributed by atoms with Crippen molar-refractivity contribution >= 4 is 29.1 Å². The van der Waals surface area contributed by atoms with E-state index in [1.165, 1.54) is 19.3 Å². The van der Waals surface area contributed by atoms with E-state index in [9.17, 15) is 9.59 Å². The van der Waals surface area contributed by atoms with E-state index in [-0.39, 0.29) is 17.7 Å². The number of amides is 2. The maximum atomic E-state index is 12.8. The second kappa shape index (κ2) is 9.07. The third-order valence-corrected chi connectivity index (χ3v) is 6.22. The van der Waals surface area contributed by atoms with Gasteiger partial charge >= 0.3 is 0 Å². The molecule has 5 nitrogen and oxygen atoms in total. The molecule has 0 radical (unpaired) electrons. The second-order valence-electron chi connectivity index (χ2n) is 7.97. The molecule has 2 atom stereocenters. The van der Waals surface area contributed by atoms with Crippen molar-refractivity contribution in [3.05, 3.63) is 28.8 Å². The van der Waals surface area contributed by atoms with E-state index in [1.807, 2.05) is 11.9 Å². The number of nitrogens with zero attached hydrogens (tertiary/aromatic N) is 1. The maximum absolute atomic E-state index is 12.8. The van der Waals surface area contributed by atoms with Crippen molar-refractivity contribution in [2.75, 3.05) is 18.9 Å². The summed E-state index contributed by atoms with van der Waals surface area (Å²) in [5.41, 5.74) is 1.14. The lowest BCUT2D eigenvalue weighted by Gasteiger charge is -2.31. The van der Waals surface area contributed by atoms with Gasteiger partial charge in [0.05, 0.1) is 10.6 Å². The minimum Gasteiger partial charge on any atom is -0.339 e. The molecular formula is C21H30ClN3O2. The molecule has 1 heterocycles. The summed E-state index contributed by atoms with van der Waals surface area (Å²) in [4.78, 5) is 27.2. The number of anilines is 1. The predicted octanol–water partition coefficient (Wildman–Crippen LogP) is 4.07. The van der Waals surface area contributed by atoms with E-state index < -0.39 is 0 Å². The SMILES string of the molecule is C[C@H]1C[C@@H](C(=O)Nc2ccc(C(=O)N(C)C3CCCCC3)c(Cl)c2)CCN1. The lowest BCUT2D eigenvalue weighted by atomic mass is 9.92. The van der Waals surface area contributed by atoms with Crippen LogP contribution in [0.5, 0.6) is 0 Å².